The van der Waals surface area contributed by atoms with E-state index in [2.05, 4.69) is 0 Å². The first kappa shape index (κ1) is 17.0. The van der Waals surface area contributed by atoms with Crippen molar-refractivity contribution in [2.75, 3.05) is 34.4 Å². The molecule has 1 amide bonds. The quantitative estimate of drug-likeness (QED) is 0.774. The highest BCUT2D eigenvalue weighted by Crippen LogP contribution is 2.17. The number of hydrogen-bond donors (Lipinski definition) is 0. The first-order valence-corrected chi connectivity index (χ1v) is 7.02. The van der Waals surface area contributed by atoms with Crippen molar-refractivity contribution in [3.8, 4) is 0 Å². The summed E-state index contributed by atoms with van der Waals surface area (Å²) in [5.74, 6) is 0.0759. The molecular weight excluding hydrogens is 276 g/mol. The van der Waals surface area contributed by atoms with Crippen LogP contribution >= 0.6 is 11.6 Å². The summed E-state index contributed by atoms with van der Waals surface area (Å²) in [6.45, 7) is 3.46. The molecule has 0 aromatic heterocycles. The molecule has 0 aliphatic carbocycles. The lowest BCUT2D eigenvalue weighted by Crippen LogP contribution is -2.45. The monoisotopic (exact) mass is 298 g/mol. The second-order valence-corrected chi connectivity index (χ2v) is 5.39. The average Bonchev–Trinajstić information content (AvgIpc) is 2.43. The van der Waals surface area contributed by atoms with Crippen molar-refractivity contribution < 1.29 is 9.53 Å². The number of rotatable bonds is 7. The predicted molar refractivity (Wildman–Crippen MR) is 81.9 cm³/mol. The Balaban J connectivity index is 2.84. The van der Waals surface area contributed by atoms with Crippen molar-refractivity contribution in [3.05, 3.63) is 34.9 Å². The lowest BCUT2D eigenvalue weighted by atomic mass is 10.2. The summed E-state index contributed by atoms with van der Waals surface area (Å²) in [6, 6.07) is 7.42. The number of nitrogens with zero attached hydrogens (tertiary/aromatic N) is 2. The zero-order valence-electron chi connectivity index (χ0n) is 12.6. The molecule has 112 valence electrons. The van der Waals surface area contributed by atoms with Crippen molar-refractivity contribution in [1.29, 1.82) is 0 Å². The van der Waals surface area contributed by atoms with E-state index in [4.69, 9.17) is 16.3 Å². The summed E-state index contributed by atoms with van der Waals surface area (Å²) >= 11 is 6.17. The molecule has 1 atom stereocenters. The van der Waals surface area contributed by atoms with Gasteiger partial charge in [0.1, 0.15) is 0 Å². The third-order valence-electron chi connectivity index (χ3n) is 3.33. The van der Waals surface area contributed by atoms with Gasteiger partial charge in [0.15, 0.2) is 0 Å². The summed E-state index contributed by atoms with van der Waals surface area (Å²) in [7, 11) is 5.42. The molecule has 4 nitrogen and oxygen atoms in total. The summed E-state index contributed by atoms with van der Waals surface area (Å²) in [5.41, 5.74) is 0.949. The normalized spacial score (nSPS) is 12.5. The topological polar surface area (TPSA) is 32.8 Å². The highest BCUT2D eigenvalue weighted by atomic mass is 35.5. The summed E-state index contributed by atoms with van der Waals surface area (Å²) < 4.78 is 5.09. The zero-order chi connectivity index (χ0) is 15.1. The smallest absolute Gasteiger partial charge is 0.240 e. The molecule has 0 bridgehead atoms. The largest absolute Gasteiger partial charge is 0.383 e. The van der Waals surface area contributed by atoms with E-state index >= 15 is 0 Å². The number of halogens is 1. The van der Waals surface area contributed by atoms with Crippen molar-refractivity contribution in [1.82, 2.24) is 9.80 Å². The Labute approximate surface area is 126 Å². The van der Waals surface area contributed by atoms with Crippen LogP contribution in [0.5, 0.6) is 0 Å². The van der Waals surface area contributed by atoms with Gasteiger partial charge in [0, 0.05) is 25.2 Å². The van der Waals surface area contributed by atoms with Crippen LogP contribution in [-0.4, -0.2) is 56.1 Å². The average molecular weight is 299 g/mol. The Morgan fingerprint density at radius 1 is 1.35 bits per heavy atom. The Morgan fingerprint density at radius 3 is 2.55 bits per heavy atom. The molecule has 1 rings (SSSR count). The van der Waals surface area contributed by atoms with Crippen LogP contribution in [-0.2, 0) is 16.1 Å². The van der Waals surface area contributed by atoms with E-state index in [1.165, 1.54) is 0 Å². The standard InChI is InChI=1S/C15H23ClN2O2/c1-12(17(2)3)15(19)18(9-10-20-4)11-13-7-5-6-8-14(13)16/h5-8,12H,9-11H2,1-4H3. The number of likely N-dealkylation sites (N-methyl/N-ethyl adjacent to an activating group) is 1. The van der Waals surface area contributed by atoms with Crippen molar-refractivity contribution >= 4 is 17.5 Å². The molecule has 1 aromatic rings. The summed E-state index contributed by atoms with van der Waals surface area (Å²) in [5, 5.41) is 0.681. The molecule has 0 aliphatic heterocycles. The molecule has 0 fully saturated rings. The van der Waals surface area contributed by atoms with Crippen LogP contribution < -0.4 is 0 Å². The van der Waals surface area contributed by atoms with E-state index in [1.54, 1.807) is 12.0 Å². The van der Waals surface area contributed by atoms with Gasteiger partial charge in [-0.2, -0.15) is 0 Å². The Hall–Kier alpha value is -1.10. The fourth-order valence-electron chi connectivity index (χ4n) is 1.79. The van der Waals surface area contributed by atoms with Crippen molar-refractivity contribution in [2.45, 2.75) is 19.5 Å². The number of amides is 1. The van der Waals surface area contributed by atoms with Crippen LogP contribution in [0, 0.1) is 0 Å². The third kappa shape index (κ3) is 4.78. The minimum absolute atomic E-state index is 0.0759. The first-order chi connectivity index (χ1) is 9.47. The Kier molecular flexibility index (Phi) is 6.99. The van der Waals surface area contributed by atoms with Crippen molar-refractivity contribution in [2.24, 2.45) is 0 Å². The van der Waals surface area contributed by atoms with E-state index in [9.17, 15) is 4.79 Å². The van der Waals surface area contributed by atoms with Gasteiger partial charge < -0.3 is 9.64 Å². The molecule has 0 heterocycles. The first-order valence-electron chi connectivity index (χ1n) is 6.65. The maximum absolute atomic E-state index is 12.5. The molecule has 5 heteroatoms. The molecule has 1 unspecified atom stereocenters. The fourth-order valence-corrected chi connectivity index (χ4v) is 1.98. The fraction of sp³-hybridized carbons (Fsp3) is 0.533. The van der Waals surface area contributed by atoms with Crippen LogP contribution in [0.25, 0.3) is 0 Å². The van der Waals surface area contributed by atoms with E-state index in [0.29, 0.717) is 24.7 Å². The molecule has 20 heavy (non-hydrogen) atoms. The molecule has 0 saturated heterocycles. The van der Waals surface area contributed by atoms with Gasteiger partial charge in [0.2, 0.25) is 5.91 Å². The van der Waals surface area contributed by atoms with E-state index in [-0.39, 0.29) is 11.9 Å². The molecule has 0 saturated carbocycles. The number of hydrogen-bond acceptors (Lipinski definition) is 3. The van der Waals surface area contributed by atoms with Gasteiger partial charge in [-0.25, -0.2) is 0 Å². The molecule has 1 aromatic carbocycles. The maximum atomic E-state index is 12.5. The van der Waals surface area contributed by atoms with Gasteiger partial charge in [0.25, 0.3) is 0 Å². The molecule has 0 spiro atoms. The molecule has 0 aliphatic rings. The lowest BCUT2D eigenvalue weighted by Gasteiger charge is -2.29. The van der Waals surface area contributed by atoms with E-state index < -0.39 is 0 Å². The van der Waals surface area contributed by atoms with Crippen LogP contribution in [0.3, 0.4) is 0 Å². The number of carbonyl (C=O) groups is 1. The minimum Gasteiger partial charge on any atom is -0.383 e. The third-order valence-corrected chi connectivity index (χ3v) is 3.70. The predicted octanol–water partition coefficient (Wildman–Crippen LogP) is 2.27. The number of benzene rings is 1. The van der Waals surface area contributed by atoms with E-state index in [1.807, 2.05) is 50.2 Å². The molecule has 0 radical (unpaired) electrons. The van der Waals surface area contributed by atoms with Crippen LogP contribution in [0.2, 0.25) is 5.02 Å². The minimum atomic E-state index is -0.172. The number of carbonyl (C=O) groups excluding carboxylic acids is 1. The van der Waals surface area contributed by atoms with Gasteiger partial charge in [-0.3, -0.25) is 9.69 Å². The number of ether oxygens (including phenoxy) is 1. The van der Waals surface area contributed by atoms with Gasteiger partial charge in [-0.1, -0.05) is 29.8 Å². The van der Waals surface area contributed by atoms with Crippen LogP contribution in [0.1, 0.15) is 12.5 Å². The SMILES string of the molecule is COCCN(Cc1ccccc1Cl)C(=O)C(C)N(C)C. The second kappa shape index (κ2) is 8.25. The van der Waals surface area contributed by atoms with Gasteiger partial charge in [0.05, 0.1) is 12.6 Å². The van der Waals surface area contributed by atoms with Gasteiger partial charge in [-0.05, 0) is 32.6 Å². The van der Waals surface area contributed by atoms with Gasteiger partial charge >= 0.3 is 0 Å². The zero-order valence-corrected chi connectivity index (χ0v) is 13.4. The van der Waals surface area contributed by atoms with Gasteiger partial charge in [-0.15, -0.1) is 0 Å². The Morgan fingerprint density at radius 2 is 2.00 bits per heavy atom. The lowest BCUT2D eigenvalue weighted by molar-refractivity contribution is -0.136. The van der Waals surface area contributed by atoms with Crippen LogP contribution in [0.4, 0.5) is 0 Å². The highest BCUT2D eigenvalue weighted by Gasteiger charge is 2.22. The maximum Gasteiger partial charge on any atom is 0.240 e. The van der Waals surface area contributed by atoms with E-state index in [0.717, 1.165) is 5.56 Å². The van der Waals surface area contributed by atoms with Crippen molar-refractivity contribution in [3.63, 3.8) is 0 Å². The molecule has 0 N–H and O–H groups in total. The number of methoxy groups -OCH3 is 1. The van der Waals surface area contributed by atoms with Crippen LogP contribution in [0.15, 0.2) is 24.3 Å². The Bertz CT molecular complexity index is 438. The summed E-state index contributed by atoms with van der Waals surface area (Å²) in [4.78, 5) is 16.2. The highest BCUT2D eigenvalue weighted by molar-refractivity contribution is 6.31. The molecular formula is C15H23ClN2O2. The summed E-state index contributed by atoms with van der Waals surface area (Å²) in [6.07, 6.45) is 0. The second-order valence-electron chi connectivity index (χ2n) is 4.98.